The van der Waals surface area contributed by atoms with Crippen LogP contribution in [-0.4, -0.2) is 26.8 Å². The minimum atomic E-state index is -4.75. The second-order valence-electron chi connectivity index (χ2n) is 5.61. The molecule has 0 radical (unpaired) electrons. The van der Waals surface area contributed by atoms with Gasteiger partial charge in [0.2, 0.25) is 5.92 Å². The Labute approximate surface area is 122 Å². The van der Waals surface area contributed by atoms with Gasteiger partial charge in [-0.1, -0.05) is 0 Å². The minimum Gasteiger partial charge on any atom is -0.477 e. The van der Waals surface area contributed by atoms with E-state index in [0.717, 1.165) is 11.6 Å². The number of carboxylic acid groups (broad SMARTS) is 1. The highest BCUT2D eigenvalue weighted by Gasteiger charge is 2.40. The van der Waals surface area contributed by atoms with E-state index in [0.29, 0.717) is 0 Å². The van der Waals surface area contributed by atoms with Crippen molar-refractivity contribution in [2.45, 2.75) is 51.3 Å². The predicted molar refractivity (Wildman–Crippen MR) is 65.8 cm³/mol. The van der Waals surface area contributed by atoms with E-state index in [1.807, 2.05) is 0 Å². The highest BCUT2D eigenvalue weighted by Crippen LogP contribution is 2.38. The number of carboxylic acids is 1. The summed E-state index contributed by atoms with van der Waals surface area (Å²) in [7, 11) is 0. The number of hydrogen-bond donors (Lipinski definition) is 1. The fourth-order valence-electron chi connectivity index (χ4n) is 2.75. The maximum atomic E-state index is 13.1. The normalized spacial score (nSPS) is 19.4. The van der Waals surface area contributed by atoms with Gasteiger partial charge in [-0.25, -0.2) is 13.6 Å². The third kappa shape index (κ3) is 3.38. The van der Waals surface area contributed by atoms with Gasteiger partial charge in [0.15, 0.2) is 5.69 Å². The lowest BCUT2D eigenvalue weighted by Crippen LogP contribution is -2.28. The Bertz CT molecular complexity index is 570. The van der Waals surface area contributed by atoms with E-state index in [1.165, 1.54) is 0 Å². The number of nitrogens with zero attached hydrogens (tertiary/aromatic N) is 2. The number of aromatic nitrogens is 2. The zero-order valence-corrected chi connectivity index (χ0v) is 11.8. The van der Waals surface area contributed by atoms with Crippen LogP contribution in [0.4, 0.5) is 22.0 Å². The first kappa shape index (κ1) is 16.7. The van der Waals surface area contributed by atoms with Crippen molar-refractivity contribution in [3.05, 3.63) is 17.0 Å². The lowest BCUT2D eigenvalue weighted by Gasteiger charge is -2.28. The lowest BCUT2D eigenvalue weighted by atomic mass is 9.87. The van der Waals surface area contributed by atoms with Crippen molar-refractivity contribution in [2.24, 2.45) is 5.92 Å². The predicted octanol–water partition coefficient (Wildman–Crippen LogP) is 3.73. The molecule has 0 bridgehead atoms. The number of rotatable bonds is 3. The molecule has 1 aromatic heterocycles. The molecule has 0 unspecified atom stereocenters. The monoisotopic (exact) mass is 326 g/mol. The van der Waals surface area contributed by atoms with Crippen LogP contribution in [0.15, 0.2) is 0 Å². The summed E-state index contributed by atoms with van der Waals surface area (Å²) < 4.78 is 65.4. The molecule has 124 valence electrons. The third-order valence-corrected chi connectivity index (χ3v) is 3.93. The van der Waals surface area contributed by atoms with E-state index >= 15 is 0 Å². The molecule has 1 aliphatic carbocycles. The van der Waals surface area contributed by atoms with Gasteiger partial charge in [-0.2, -0.15) is 18.3 Å². The highest BCUT2D eigenvalue weighted by atomic mass is 19.4. The van der Waals surface area contributed by atoms with Gasteiger partial charge < -0.3 is 5.11 Å². The number of aromatic carboxylic acids is 1. The number of hydrogen-bond acceptors (Lipinski definition) is 2. The Kier molecular flexibility index (Phi) is 4.18. The van der Waals surface area contributed by atoms with Crippen molar-refractivity contribution in [1.82, 2.24) is 9.78 Å². The minimum absolute atomic E-state index is 0.103. The van der Waals surface area contributed by atoms with Crippen molar-refractivity contribution in [2.75, 3.05) is 0 Å². The fraction of sp³-hybridized carbons (Fsp3) is 0.692. The van der Waals surface area contributed by atoms with Gasteiger partial charge in [0.25, 0.3) is 0 Å². The Balaban J connectivity index is 2.26. The maximum absolute atomic E-state index is 13.1. The van der Waals surface area contributed by atoms with Gasteiger partial charge in [-0.3, -0.25) is 4.68 Å². The molecule has 1 N–H and O–H groups in total. The quantitative estimate of drug-likeness (QED) is 0.861. The zero-order valence-electron chi connectivity index (χ0n) is 11.8. The van der Waals surface area contributed by atoms with Crippen LogP contribution in [0.2, 0.25) is 0 Å². The Morgan fingerprint density at radius 2 is 1.91 bits per heavy atom. The highest BCUT2D eigenvalue weighted by molar-refractivity contribution is 5.87. The van der Waals surface area contributed by atoms with Gasteiger partial charge in [0, 0.05) is 24.9 Å². The van der Waals surface area contributed by atoms with Gasteiger partial charge in [0.1, 0.15) is 5.69 Å². The van der Waals surface area contributed by atoms with Crippen LogP contribution in [-0.2, 0) is 12.7 Å². The second kappa shape index (κ2) is 5.51. The Morgan fingerprint density at radius 3 is 2.36 bits per heavy atom. The molecule has 0 amide bonds. The van der Waals surface area contributed by atoms with E-state index in [1.54, 1.807) is 0 Å². The Morgan fingerprint density at radius 1 is 1.36 bits per heavy atom. The van der Waals surface area contributed by atoms with Crippen molar-refractivity contribution in [3.63, 3.8) is 0 Å². The van der Waals surface area contributed by atoms with Crippen LogP contribution in [0, 0.1) is 12.8 Å². The molecule has 2 rings (SSSR count). The molecule has 9 heteroatoms. The van der Waals surface area contributed by atoms with Crippen LogP contribution in [0.5, 0.6) is 0 Å². The molecule has 0 saturated heterocycles. The summed E-state index contributed by atoms with van der Waals surface area (Å²) in [6.45, 7) is 0.944. The molecular formula is C13H15F5N2O2. The summed E-state index contributed by atoms with van der Waals surface area (Å²) in [6, 6.07) is 0. The molecule has 22 heavy (non-hydrogen) atoms. The number of alkyl halides is 5. The molecule has 1 heterocycles. The summed E-state index contributed by atoms with van der Waals surface area (Å²) in [5, 5.41) is 12.4. The van der Waals surface area contributed by atoms with Crippen LogP contribution < -0.4 is 0 Å². The van der Waals surface area contributed by atoms with Crippen LogP contribution in [0.3, 0.4) is 0 Å². The summed E-state index contributed by atoms with van der Waals surface area (Å²) in [5.74, 6) is -4.57. The molecule has 0 aliphatic heterocycles. The number of halogens is 5. The van der Waals surface area contributed by atoms with Gasteiger partial charge in [-0.15, -0.1) is 0 Å². The van der Waals surface area contributed by atoms with Gasteiger partial charge >= 0.3 is 12.1 Å². The van der Waals surface area contributed by atoms with Gasteiger partial charge in [-0.05, 0) is 25.7 Å². The average molecular weight is 326 g/mol. The second-order valence-corrected chi connectivity index (χ2v) is 5.61. The summed E-state index contributed by atoms with van der Waals surface area (Å²) >= 11 is 0. The van der Waals surface area contributed by atoms with Crippen molar-refractivity contribution < 1.29 is 31.9 Å². The summed E-state index contributed by atoms with van der Waals surface area (Å²) in [5.41, 5.74) is -2.24. The van der Waals surface area contributed by atoms with Gasteiger partial charge in [0.05, 0.1) is 0 Å². The van der Waals surface area contributed by atoms with Crippen molar-refractivity contribution in [1.29, 1.82) is 0 Å². The summed E-state index contributed by atoms with van der Waals surface area (Å²) in [6.07, 6.45) is -5.17. The molecular weight excluding hydrogens is 311 g/mol. The standard InChI is InChI=1S/C13H15F5N2O2/c1-7-9(11(21)22)20(19-10(7)13(16,17)18)6-8-2-4-12(14,15)5-3-8/h8H,2-6H2,1H3,(H,21,22). The SMILES string of the molecule is Cc1c(C(F)(F)F)nn(CC2CCC(F)(F)CC2)c1C(=O)O. The zero-order chi connectivity index (χ0) is 16.7. The maximum Gasteiger partial charge on any atom is 0.435 e. The van der Waals surface area contributed by atoms with Crippen LogP contribution in [0.25, 0.3) is 0 Å². The van der Waals surface area contributed by atoms with E-state index < -0.39 is 35.0 Å². The molecule has 4 nitrogen and oxygen atoms in total. The molecule has 1 aromatic rings. The topological polar surface area (TPSA) is 55.1 Å². The largest absolute Gasteiger partial charge is 0.477 e. The van der Waals surface area contributed by atoms with E-state index in [9.17, 15) is 26.7 Å². The third-order valence-electron chi connectivity index (χ3n) is 3.93. The summed E-state index contributed by atoms with van der Waals surface area (Å²) in [4.78, 5) is 11.2. The fourth-order valence-corrected chi connectivity index (χ4v) is 2.75. The average Bonchev–Trinajstić information content (AvgIpc) is 2.68. The lowest BCUT2D eigenvalue weighted by molar-refractivity contribution is -0.142. The van der Waals surface area contributed by atoms with E-state index in [2.05, 4.69) is 5.10 Å². The van der Waals surface area contributed by atoms with E-state index in [4.69, 9.17) is 5.11 Å². The van der Waals surface area contributed by atoms with Crippen molar-refractivity contribution >= 4 is 5.97 Å². The molecule has 1 fully saturated rings. The molecule has 1 saturated carbocycles. The smallest absolute Gasteiger partial charge is 0.435 e. The first-order valence-corrected chi connectivity index (χ1v) is 6.77. The van der Waals surface area contributed by atoms with Crippen LogP contribution >= 0.6 is 0 Å². The molecule has 1 aliphatic rings. The Hall–Kier alpha value is -1.67. The molecule has 0 atom stereocenters. The molecule has 0 spiro atoms. The number of carbonyl (C=O) groups is 1. The van der Waals surface area contributed by atoms with Crippen LogP contribution in [0.1, 0.15) is 47.4 Å². The first-order chi connectivity index (χ1) is 10.0. The van der Waals surface area contributed by atoms with E-state index in [-0.39, 0.29) is 38.1 Å². The molecule has 0 aromatic carbocycles. The first-order valence-electron chi connectivity index (χ1n) is 6.77. The van der Waals surface area contributed by atoms with Crippen molar-refractivity contribution in [3.8, 4) is 0 Å².